The second-order valence-electron chi connectivity index (χ2n) is 4.31. The van der Waals surface area contributed by atoms with E-state index in [4.69, 9.17) is 11.6 Å². The monoisotopic (exact) mass is 383 g/mol. The van der Waals surface area contributed by atoms with E-state index in [9.17, 15) is 13.2 Å². The van der Waals surface area contributed by atoms with Gasteiger partial charge in [-0.15, -0.1) is 0 Å². The molecule has 0 atom stereocenters. The molecule has 1 aromatic rings. The van der Waals surface area contributed by atoms with Crippen LogP contribution in [0.3, 0.4) is 0 Å². The van der Waals surface area contributed by atoms with Crippen molar-refractivity contribution in [1.82, 2.24) is 15.0 Å². The first-order valence-electron chi connectivity index (χ1n) is 5.82. The highest BCUT2D eigenvalue weighted by Gasteiger charge is 2.19. The second-order valence-corrected chi connectivity index (χ2v) is 7.32. The number of nitrogens with zero attached hydrogens (tertiary/aromatic N) is 1. The molecule has 0 aliphatic rings. The van der Waals surface area contributed by atoms with Crippen molar-refractivity contribution in [1.29, 1.82) is 0 Å². The molecular formula is C11H15BrClN3O3S. The number of amides is 1. The number of carbonyl (C=O) groups is 1. The van der Waals surface area contributed by atoms with Gasteiger partial charge in [0, 0.05) is 29.7 Å². The maximum atomic E-state index is 12.0. The van der Waals surface area contributed by atoms with E-state index in [2.05, 4.69) is 31.0 Å². The lowest BCUT2D eigenvalue weighted by atomic mass is 10.3. The largest absolute Gasteiger partial charge is 0.354 e. The molecule has 0 fully saturated rings. The molecule has 9 heteroatoms. The van der Waals surface area contributed by atoms with E-state index in [-0.39, 0.29) is 35.0 Å². The van der Waals surface area contributed by atoms with Gasteiger partial charge in [-0.2, -0.15) is 0 Å². The van der Waals surface area contributed by atoms with Crippen LogP contribution >= 0.6 is 27.5 Å². The second kappa shape index (κ2) is 7.35. The summed E-state index contributed by atoms with van der Waals surface area (Å²) in [6.07, 6.45) is 1.45. The van der Waals surface area contributed by atoms with Crippen LogP contribution in [-0.2, 0) is 14.8 Å². The number of hydrogen-bond donors (Lipinski definition) is 2. The fourth-order valence-corrected chi connectivity index (χ4v) is 3.34. The van der Waals surface area contributed by atoms with Crippen molar-refractivity contribution in [3.05, 3.63) is 21.9 Å². The van der Waals surface area contributed by atoms with Crippen molar-refractivity contribution < 1.29 is 13.2 Å². The van der Waals surface area contributed by atoms with Gasteiger partial charge in [0.2, 0.25) is 15.9 Å². The standard InChI is InChI=1S/C11H15BrClN3O3S/c1-7(2)16-10(17)3-4-15-20(18,19)9-5-8(12)6-14-11(9)13/h5-7,15H,3-4H2,1-2H3,(H,16,17). The summed E-state index contributed by atoms with van der Waals surface area (Å²) in [5.41, 5.74) is 0. The zero-order chi connectivity index (χ0) is 15.3. The van der Waals surface area contributed by atoms with Gasteiger partial charge < -0.3 is 5.32 Å². The van der Waals surface area contributed by atoms with Gasteiger partial charge in [0.1, 0.15) is 10.0 Å². The van der Waals surface area contributed by atoms with E-state index in [1.54, 1.807) is 0 Å². The van der Waals surface area contributed by atoms with Crippen LogP contribution in [0, 0.1) is 0 Å². The topological polar surface area (TPSA) is 88.2 Å². The smallest absolute Gasteiger partial charge is 0.243 e. The van der Waals surface area contributed by atoms with Gasteiger partial charge in [0.15, 0.2) is 0 Å². The fourth-order valence-electron chi connectivity index (χ4n) is 1.36. The van der Waals surface area contributed by atoms with Gasteiger partial charge in [-0.05, 0) is 35.8 Å². The highest BCUT2D eigenvalue weighted by Crippen LogP contribution is 2.22. The van der Waals surface area contributed by atoms with Crippen LogP contribution < -0.4 is 10.0 Å². The first kappa shape index (κ1) is 17.4. The molecule has 1 amide bonds. The number of halogens is 2. The number of hydrogen-bond acceptors (Lipinski definition) is 4. The van der Waals surface area contributed by atoms with Crippen LogP contribution in [0.4, 0.5) is 0 Å². The van der Waals surface area contributed by atoms with Gasteiger partial charge in [-0.3, -0.25) is 4.79 Å². The quantitative estimate of drug-likeness (QED) is 0.731. The summed E-state index contributed by atoms with van der Waals surface area (Å²) in [5.74, 6) is -0.221. The molecule has 6 nitrogen and oxygen atoms in total. The van der Waals surface area contributed by atoms with Crippen molar-refractivity contribution in [2.24, 2.45) is 0 Å². The molecule has 1 aromatic heterocycles. The van der Waals surface area contributed by atoms with Crippen molar-refractivity contribution in [2.45, 2.75) is 31.2 Å². The minimum Gasteiger partial charge on any atom is -0.354 e. The first-order chi connectivity index (χ1) is 9.22. The molecular weight excluding hydrogens is 370 g/mol. The molecule has 0 aliphatic carbocycles. The molecule has 112 valence electrons. The molecule has 0 unspecified atom stereocenters. The highest BCUT2D eigenvalue weighted by atomic mass is 79.9. The van der Waals surface area contributed by atoms with Gasteiger partial charge >= 0.3 is 0 Å². The van der Waals surface area contributed by atoms with E-state index in [1.807, 2.05) is 13.8 Å². The average molecular weight is 385 g/mol. The molecule has 0 spiro atoms. The third-order valence-corrected chi connectivity index (χ3v) is 4.48. The molecule has 2 N–H and O–H groups in total. The van der Waals surface area contributed by atoms with Gasteiger partial charge in [-0.1, -0.05) is 11.6 Å². The van der Waals surface area contributed by atoms with Crippen LogP contribution in [-0.4, -0.2) is 31.9 Å². The van der Waals surface area contributed by atoms with Crippen LogP contribution in [0.1, 0.15) is 20.3 Å². The summed E-state index contributed by atoms with van der Waals surface area (Å²) in [6, 6.07) is 1.37. The normalized spacial score (nSPS) is 11.7. The van der Waals surface area contributed by atoms with Crippen LogP contribution in [0.15, 0.2) is 21.6 Å². The predicted molar refractivity (Wildman–Crippen MR) is 80.0 cm³/mol. The predicted octanol–water partition coefficient (Wildman–Crippen LogP) is 1.69. The van der Waals surface area contributed by atoms with Crippen LogP contribution in [0.2, 0.25) is 5.15 Å². The van der Waals surface area contributed by atoms with Crippen molar-refractivity contribution >= 4 is 43.5 Å². The molecule has 0 aromatic carbocycles. The molecule has 0 bridgehead atoms. The number of rotatable bonds is 6. The van der Waals surface area contributed by atoms with E-state index >= 15 is 0 Å². The third kappa shape index (κ3) is 5.35. The lowest BCUT2D eigenvalue weighted by molar-refractivity contribution is -0.121. The number of aromatic nitrogens is 1. The Morgan fingerprint density at radius 3 is 2.75 bits per heavy atom. The number of pyridine rings is 1. The Morgan fingerprint density at radius 1 is 1.50 bits per heavy atom. The zero-order valence-electron chi connectivity index (χ0n) is 11.0. The fraction of sp³-hybridized carbons (Fsp3) is 0.455. The molecule has 1 rings (SSSR count). The third-order valence-electron chi connectivity index (χ3n) is 2.16. The van der Waals surface area contributed by atoms with Crippen molar-refractivity contribution in [3.8, 4) is 0 Å². The summed E-state index contributed by atoms with van der Waals surface area (Å²) in [7, 11) is -3.79. The van der Waals surface area contributed by atoms with E-state index in [0.717, 1.165) is 0 Å². The Kier molecular flexibility index (Phi) is 6.38. The minimum absolute atomic E-state index is 0.0102. The summed E-state index contributed by atoms with van der Waals surface area (Å²) in [4.78, 5) is 15.0. The van der Waals surface area contributed by atoms with Crippen molar-refractivity contribution in [2.75, 3.05) is 6.54 Å². The maximum Gasteiger partial charge on any atom is 0.243 e. The molecule has 0 saturated heterocycles. The summed E-state index contributed by atoms with van der Waals surface area (Å²) in [5, 5.41) is 2.55. The van der Waals surface area contributed by atoms with Gasteiger partial charge in [0.25, 0.3) is 0 Å². The SMILES string of the molecule is CC(C)NC(=O)CCNS(=O)(=O)c1cc(Br)cnc1Cl. The first-order valence-corrected chi connectivity index (χ1v) is 8.48. The molecule has 0 aliphatic heterocycles. The Morgan fingerprint density at radius 2 is 2.15 bits per heavy atom. The summed E-state index contributed by atoms with van der Waals surface area (Å²) >= 11 is 8.89. The maximum absolute atomic E-state index is 12.0. The molecule has 0 saturated carbocycles. The lowest BCUT2D eigenvalue weighted by Crippen LogP contribution is -2.34. The molecule has 20 heavy (non-hydrogen) atoms. The van der Waals surface area contributed by atoms with Crippen molar-refractivity contribution in [3.63, 3.8) is 0 Å². The highest BCUT2D eigenvalue weighted by molar-refractivity contribution is 9.10. The minimum atomic E-state index is -3.79. The van der Waals surface area contributed by atoms with Crippen LogP contribution in [0.5, 0.6) is 0 Å². The van der Waals surface area contributed by atoms with E-state index in [1.165, 1.54) is 12.3 Å². The average Bonchev–Trinajstić information content (AvgIpc) is 2.30. The van der Waals surface area contributed by atoms with Gasteiger partial charge in [-0.25, -0.2) is 18.1 Å². The summed E-state index contributed by atoms with van der Waals surface area (Å²) < 4.78 is 26.9. The number of sulfonamides is 1. The van der Waals surface area contributed by atoms with Gasteiger partial charge in [0.05, 0.1) is 0 Å². The summed E-state index contributed by atoms with van der Waals surface area (Å²) in [6.45, 7) is 3.65. The Labute approximate surface area is 131 Å². The Balaban J connectivity index is 2.67. The number of carbonyl (C=O) groups excluding carboxylic acids is 1. The zero-order valence-corrected chi connectivity index (χ0v) is 14.1. The molecule has 1 heterocycles. The van der Waals surface area contributed by atoms with Crippen LogP contribution in [0.25, 0.3) is 0 Å². The Bertz CT molecular complexity index is 593. The van der Waals surface area contributed by atoms with E-state index < -0.39 is 10.0 Å². The lowest BCUT2D eigenvalue weighted by Gasteiger charge is -2.10. The Hall–Kier alpha value is -0.700. The molecule has 0 radical (unpaired) electrons. The van der Waals surface area contributed by atoms with E-state index in [0.29, 0.717) is 4.47 Å². The number of nitrogens with one attached hydrogen (secondary N) is 2.